The summed E-state index contributed by atoms with van der Waals surface area (Å²) in [7, 11) is 0. The molecule has 0 bridgehead atoms. The molecular formula is C13H16O. The number of terminal acetylenes is 1. The highest BCUT2D eigenvalue weighted by Gasteiger charge is 2.03. The van der Waals surface area contributed by atoms with Crippen LogP contribution in [0.2, 0.25) is 0 Å². The van der Waals surface area contributed by atoms with Crippen LogP contribution >= 0.6 is 0 Å². The third-order valence-corrected chi connectivity index (χ3v) is 2.34. The van der Waals surface area contributed by atoms with Gasteiger partial charge in [-0.05, 0) is 24.8 Å². The Morgan fingerprint density at radius 1 is 1.21 bits per heavy atom. The highest BCUT2D eigenvalue weighted by atomic mass is 16.3. The first-order valence-corrected chi connectivity index (χ1v) is 4.97. The van der Waals surface area contributed by atoms with E-state index in [2.05, 4.69) is 18.1 Å². The fourth-order valence-electron chi connectivity index (χ4n) is 1.45. The van der Waals surface area contributed by atoms with Crippen LogP contribution in [0.3, 0.4) is 0 Å². The molecule has 0 amide bonds. The summed E-state index contributed by atoms with van der Waals surface area (Å²) in [6, 6.07) is 10.3. The van der Waals surface area contributed by atoms with Gasteiger partial charge >= 0.3 is 0 Å². The Kier molecular flexibility index (Phi) is 4.82. The van der Waals surface area contributed by atoms with Crippen LogP contribution in [0.1, 0.15) is 18.4 Å². The largest absolute Gasteiger partial charge is 0.396 e. The van der Waals surface area contributed by atoms with E-state index in [0.29, 0.717) is 6.42 Å². The van der Waals surface area contributed by atoms with Gasteiger partial charge in [-0.25, -0.2) is 0 Å². The molecule has 1 atom stereocenters. The minimum absolute atomic E-state index is 0.184. The molecule has 0 aliphatic rings. The minimum atomic E-state index is 0.184. The molecule has 0 fully saturated rings. The SMILES string of the molecule is C#C[C@H](CCO)CCc1ccccc1. The second-order valence-corrected chi connectivity index (χ2v) is 3.40. The number of aliphatic hydroxyl groups excluding tert-OH is 1. The molecule has 74 valence electrons. The first kappa shape index (κ1) is 10.8. The van der Waals surface area contributed by atoms with Crippen LogP contribution in [0.5, 0.6) is 0 Å². The zero-order valence-corrected chi connectivity index (χ0v) is 8.32. The lowest BCUT2D eigenvalue weighted by Gasteiger charge is -2.08. The lowest BCUT2D eigenvalue weighted by Crippen LogP contribution is -2.02. The number of aliphatic hydroxyl groups is 1. The van der Waals surface area contributed by atoms with Gasteiger partial charge in [0.2, 0.25) is 0 Å². The predicted molar refractivity (Wildman–Crippen MR) is 58.8 cm³/mol. The molecule has 1 heteroatoms. The maximum atomic E-state index is 8.77. The van der Waals surface area contributed by atoms with Gasteiger partial charge in [-0.1, -0.05) is 30.3 Å². The maximum absolute atomic E-state index is 8.77. The molecule has 0 aromatic heterocycles. The van der Waals surface area contributed by atoms with E-state index in [1.807, 2.05) is 18.2 Å². The normalized spacial score (nSPS) is 12.0. The summed E-state index contributed by atoms with van der Waals surface area (Å²) < 4.78 is 0. The van der Waals surface area contributed by atoms with Crippen molar-refractivity contribution in [1.29, 1.82) is 0 Å². The highest BCUT2D eigenvalue weighted by molar-refractivity contribution is 5.15. The van der Waals surface area contributed by atoms with Crippen molar-refractivity contribution in [3.05, 3.63) is 35.9 Å². The molecule has 0 aliphatic heterocycles. The van der Waals surface area contributed by atoms with Crippen molar-refractivity contribution >= 4 is 0 Å². The smallest absolute Gasteiger partial charge is 0.0442 e. The monoisotopic (exact) mass is 188 g/mol. The standard InChI is InChI=1S/C13H16O/c1-2-12(10-11-14)8-9-13-6-4-3-5-7-13/h1,3-7,12,14H,8-11H2/t12-/m0/s1. The van der Waals surface area contributed by atoms with E-state index in [1.54, 1.807) is 0 Å². The topological polar surface area (TPSA) is 20.2 Å². The van der Waals surface area contributed by atoms with Gasteiger partial charge in [0.05, 0.1) is 0 Å². The Bertz CT molecular complexity index is 284. The van der Waals surface area contributed by atoms with E-state index in [1.165, 1.54) is 5.56 Å². The maximum Gasteiger partial charge on any atom is 0.0442 e. The summed E-state index contributed by atoms with van der Waals surface area (Å²) in [6.45, 7) is 0.184. The molecule has 0 heterocycles. The van der Waals surface area contributed by atoms with Gasteiger partial charge in [0.15, 0.2) is 0 Å². The second kappa shape index (κ2) is 6.23. The molecule has 1 N–H and O–H groups in total. The van der Waals surface area contributed by atoms with Crippen LogP contribution in [0.25, 0.3) is 0 Å². The summed E-state index contributed by atoms with van der Waals surface area (Å²) in [5, 5.41) is 8.77. The summed E-state index contributed by atoms with van der Waals surface area (Å²) >= 11 is 0. The van der Waals surface area contributed by atoms with Gasteiger partial charge in [0.1, 0.15) is 0 Å². The number of hydrogen-bond acceptors (Lipinski definition) is 1. The number of hydrogen-bond donors (Lipinski definition) is 1. The average Bonchev–Trinajstić information content (AvgIpc) is 2.25. The Balaban J connectivity index is 2.37. The van der Waals surface area contributed by atoms with Crippen molar-refractivity contribution < 1.29 is 5.11 Å². The summed E-state index contributed by atoms with van der Waals surface area (Å²) in [6.07, 6.45) is 8.03. The fourth-order valence-corrected chi connectivity index (χ4v) is 1.45. The second-order valence-electron chi connectivity index (χ2n) is 3.40. The van der Waals surface area contributed by atoms with E-state index in [-0.39, 0.29) is 12.5 Å². The number of rotatable bonds is 5. The van der Waals surface area contributed by atoms with Crippen LogP contribution in [-0.4, -0.2) is 11.7 Å². The van der Waals surface area contributed by atoms with Crippen LogP contribution in [-0.2, 0) is 6.42 Å². The highest BCUT2D eigenvalue weighted by Crippen LogP contribution is 2.11. The van der Waals surface area contributed by atoms with Crippen LogP contribution < -0.4 is 0 Å². The number of benzene rings is 1. The Hall–Kier alpha value is -1.26. The zero-order chi connectivity index (χ0) is 10.2. The van der Waals surface area contributed by atoms with E-state index in [4.69, 9.17) is 11.5 Å². The van der Waals surface area contributed by atoms with E-state index in [9.17, 15) is 0 Å². The predicted octanol–water partition coefficient (Wildman–Crippen LogP) is 2.25. The molecule has 1 nitrogen and oxygen atoms in total. The third kappa shape index (κ3) is 3.64. The molecule has 0 unspecified atom stereocenters. The van der Waals surface area contributed by atoms with Crippen LogP contribution in [0, 0.1) is 18.3 Å². The Morgan fingerprint density at radius 3 is 2.50 bits per heavy atom. The van der Waals surface area contributed by atoms with Crippen molar-refractivity contribution in [3.63, 3.8) is 0 Å². The van der Waals surface area contributed by atoms with Gasteiger partial charge in [-0.3, -0.25) is 0 Å². The van der Waals surface area contributed by atoms with Gasteiger partial charge in [0.25, 0.3) is 0 Å². The molecule has 0 aliphatic carbocycles. The molecule has 0 spiro atoms. The number of aryl methyl sites for hydroxylation is 1. The quantitative estimate of drug-likeness (QED) is 0.703. The minimum Gasteiger partial charge on any atom is -0.396 e. The molecule has 0 saturated carbocycles. The van der Waals surface area contributed by atoms with Gasteiger partial charge in [-0.15, -0.1) is 12.3 Å². The lowest BCUT2D eigenvalue weighted by molar-refractivity contribution is 0.269. The van der Waals surface area contributed by atoms with Crippen molar-refractivity contribution in [2.75, 3.05) is 6.61 Å². The fraction of sp³-hybridized carbons (Fsp3) is 0.385. The molecule has 1 rings (SSSR count). The van der Waals surface area contributed by atoms with E-state index in [0.717, 1.165) is 12.8 Å². The summed E-state index contributed by atoms with van der Waals surface area (Å²) in [5.74, 6) is 2.92. The van der Waals surface area contributed by atoms with Gasteiger partial charge in [-0.2, -0.15) is 0 Å². The van der Waals surface area contributed by atoms with E-state index < -0.39 is 0 Å². The first-order chi connectivity index (χ1) is 6.86. The molecule has 0 radical (unpaired) electrons. The summed E-state index contributed by atoms with van der Waals surface area (Å²) in [5.41, 5.74) is 1.31. The third-order valence-electron chi connectivity index (χ3n) is 2.34. The molecule has 1 aromatic rings. The van der Waals surface area contributed by atoms with Crippen molar-refractivity contribution in [2.24, 2.45) is 5.92 Å². The lowest BCUT2D eigenvalue weighted by atomic mass is 9.98. The van der Waals surface area contributed by atoms with Crippen molar-refractivity contribution in [1.82, 2.24) is 0 Å². The van der Waals surface area contributed by atoms with Crippen molar-refractivity contribution in [3.8, 4) is 12.3 Å². The summed E-state index contributed by atoms with van der Waals surface area (Å²) in [4.78, 5) is 0. The van der Waals surface area contributed by atoms with Crippen LogP contribution in [0.4, 0.5) is 0 Å². The molecule has 14 heavy (non-hydrogen) atoms. The molecule has 1 aromatic carbocycles. The zero-order valence-electron chi connectivity index (χ0n) is 8.32. The van der Waals surface area contributed by atoms with Gasteiger partial charge < -0.3 is 5.11 Å². The van der Waals surface area contributed by atoms with Gasteiger partial charge in [0, 0.05) is 12.5 Å². The van der Waals surface area contributed by atoms with Crippen LogP contribution in [0.15, 0.2) is 30.3 Å². The average molecular weight is 188 g/mol. The first-order valence-electron chi connectivity index (χ1n) is 4.97. The molecular weight excluding hydrogens is 172 g/mol. The Labute approximate surface area is 85.8 Å². The Morgan fingerprint density at radius 2 is 1.93 bits per heavy atom. The molecule has 0 saturated heterocycles. The van der Waals surface area contributed by atoms with E-state index >= 15 is 0 Å². The van der Waals surface area contributed by atoms with Crippen molar-refractivity contribution in [2.45, 2.75) is 19.3 Å².